The molecule has 1 aromatic carbocycles. The van der Waals surface area contributed by atoms with Crippen LogP contribution < -0.4 is 25.3 Å². The number of methoxy groups -OCH3 is 2. The zero-order valence-corrected chi connectivity index (χ0v) is 17.0. The minimum absolute atomic E-state index is 0.0160. The van der Waals surface area contributed by atoms with Gasteiger partial charge in [-0.15, -0.1) is 0 Å². The van der Waals surface area contributed by atoms with Crippen LogP contribution in [0.3, 0.4) is 0 Å². The summed E-state index contributed by atoms with van der Waals surface area (Å²) in [5.74, 6) is 0.127. The van der Waals surface area contributed by atoms with Crippen molar-refractivity contribution in [3.05, 3.63) is 23.3 Å². The Morgan fingerprint density at radius 3 is 2.38 bits per heavy atom. The van der Waals surface area contributed by atoms with E-state index in [4.69, 9.17) is 19.9 Å². The van der Waals surface area contributed by atoms with Gasteiger partial charge in [0.05, 0.1) is 14.2 Å². The molecule has 0 aromatic heterocycles. The van der Waals surface area contributed by atoms with Crippen LogP contribution in [-0.4, -0.2) is 38.7 Å². The molecule has 0 bridgehead atoms. The van der Waals surface area contributed by atoms with Crippen molar-refractivity contribution in [1.82, 2.24) is 5.32 Å². The number of primary amides is 1. The van der Waals surface area contributed by atoms with Crippen LogP contribution in [0.5, 0.6) is 17.2 Å². The molecule has 0 saturated heterocycles. The van der Waals surface area contributed by atoms with Gasteiger partial charge < -0.3 is 25.3 Å². The number of hydrogen-bond donors (Lipinski definition) is 2. The van der Waals surface area contributed by atoms with E-state index < -0.39 is 11.8 Å². The predicted octanol–water partition coefficient (Wildman–Crippen LogP) is 2.17. The maximum atomic E-state index is 12.6. The van der Waals surface area contributed by atoms with Gasteiger partial charge in [0, 0.05) is 6.04 Å². The Bertz CT molecular complexity index is 803. The molecule has 1 saturated carbocycles. The molecule has 3 N–H and O–H groups in total. The van der Waals surface area contributed by atoms with E-state index in [-0.39, 0.29) is 35.5 Å². The second-order valence-corrected chi connectivity index (χ2v) is 7.02. The molecular weight excluding hydrogens is 374 g/mol. The van der Waals surface area contributed by atoms with Crippen LogP contribution in [0.25, 0.3) is 6.08 Å². The molecular formula is C21H27N3O5. The van der Waals surface area contributed by atoms with E-state index in [1.807, 2.05) is 6.07 Å². The first-order chi connectivity index (χ1) is 13.9. The Balaban J connectivity index is 2.28. The van der Waals surface area contributed by atoms with E-state index in [1.165, 1.54) is 20.3 Å². The fourth-order valence-electron chi connectivity index (χ4n) is 3.36. The highest BCUT2D eigenvalue weighted by atomic mass is 16.5. The van der Waals surface area contributed by atoms with E-state index in [9.17, 15) is 14.9 Å². The third-order valence-electron chi connectivity index (χ3n) is 4.95. The summed E-state index contributed by atoms with van der Waals surface area (Å²) in [5.41, 5.74) is 5.63. The summed E-state index contributed by atoms with van der Waals surface area (Å²) in [6, 6.07) is 5.21. The summed E-state index contributed by atoms with van der Waals surface area (Å²) in [5, 5.41) is 12.5. The van der Waals surface area contributed by atoms with Crippen molar-refractivity contribution in [1.29, 1.82) is 5.26 Å². The molecule has 0 heterocycles. The van der Waals surface area contributed by atoms with Crippen LogP contribution >= 0.6 is 0 Å². The highest BCUT2D eigenvalue weighted by Crippen LogP contribution is 2.39. The van der Waals surface area contributed by atoms with Gasteiger partial charge in [-0.05, 0) is 42.5 Å². The van der Waals surface area contributed by atoms with Gasteiger partial charge in [0.1, 0.15) is 11.6 Å². The molecule has 1 aromatic rings. The zero-order valence-electron chi connectivity index (χ0n) is 17.0. The number of carbonyl (C=O) groups is 2. The van der Waals surface area contributed by atoms with E-state index in [0.29, 0.717) is 11.5 Å². The van der Waals surface area contributed by atoms with Crippen LogP contribution in [0.4, 0.5) is 0 Å². The van der Waals surface area contributed by atoms with Crippen molar-refractivity contribution in [3.63, 3.8) is 0 Å². The largest absolute Gasteiger partial charge is 0.493 e. The zero-order chi connectivity index (χ0) is 21.4. The molecule has 0 unspecified atom stereocenters. The molecule has 8 heteroatoms. The number of benzene rings is 1. The van der Waals surface area contributed by atoms with Gasteiger partial charge in [-0.2, -0.15) is 5.26 Å². The molecule has 29 heavy (non-hydrogen) atoms. The van der Waals surface area contributed by atoms with E-state index in [0.717, 1.165) is 25.7 Å². The molecule has 1 aliphatic rings. The van der Waals surface area contributed by atoms with Gasteiger partial charge in [-0.3, -0.25) is 9.59 Å². The minimum atomic E-state index is -0.640. The van der Waals surface area contributed by atoms with Crippen molar-refractivity contribution in [2.75, 3.05) is 20.8 Å². The van der Waals surface area contributed by atoms with Crippen LogP contribution in [0.1, 0.15) is 38.2 Å². The summed E-state index contributed by atoms with van der Waals surface area (Å²) in [6.45, 7) is 1.77. The third kappa shape index (κ3) is 5.88. The van der Waals surface area contributed by atoms with E-state index in [1.54, 1.807) is 12.1 Å². The van der Waals surface area contributed by atoms with Crippen LogP contribution in [0, 0.1) is 17.2 Å². The van der Waals surface area contributed by atoms with Crippen molar-refractivity contribution < 1.29 is 23.8 Å². The number of rotatable bonds is 8. The van der Waals surface area contributed by atoms with Crippen molar-refractivity contribution >= 4 is 17.9 Å². The first-order valence-corrected chi connectivity index (χ1v) is 9.49. The average Bonchev–Trinajstić information content (AvgIpc) is 2.71. The molecule has 2 atom stereocenters. The topological polar surface area (TPSA) is 124 Å². The summed E-state index contributed by atoms with van der Waals surface area (Å²) >= 11 is 0. The number of nitriles is 1. The molecule has 8 nitrogen and oxygen atoms in total. The number of ether oxygens (including phenoxy) is 3. The second kappa shape index (κ2) is 10.4. The lowest BCUT2D eigenvalue weighted by Crippen LogP contribution is -2.41. The van der Waals surface area contributed by atoms with Gasteiger partial charge in [-0.25, -0.2) is 0 Å². The molecule has 1 fully saturated rings. The van der Waals surface area contributed by atoms with Gasteiger partial charge in [0.25, 0.3) is 11.8 Å². The van der Waals surface area contributed by atoms with Crippen molar-refractivity contribution in [2.24, 2.45) is 11.7 Å². The van der Waals surface area contributed by atoms with Crippen LogP contribution in [0.15, 0.2) is 17.7 Å². The van der Waals surface area contributed by atoms with Gasteiger partial charge in [-0.1, -0.05) is 19.8 Å². The lowest BCUT2D eigenvalue weighted by atomic mass is 9.86. The lowest BCUT2D eigenvalue weighted by Gasteiger charge is -2.29. The summed E-state index contributed by atoms with van der Waals surface area (Å²) in [6.07, 6.45) is 5.68. The average molecular weight is 401 g/mol. The van der Waals surface area contributed by atoms with Crippen LogP contribution in [0.2, 0.25) is 0 Å². The van der Waals surface area contributed by atoms with Crippen LogP contribution in [-0.2, 0) is 9.59 Å². The fraction of sp³-hybridized carbons (Fsp3) is 0.476. The van der Waals surface area contributed by atoms with Crippen molar-refractivity contribution in [3.8, 4) is 23.3 Å². The molecule has 0 aliphatic heterocycles. The third-order valence-corrected chi connectivity index (χ3v) is 4.95. The Morgan fingerprint density at radius 1 is 1.24 bits per heavy atom. The maximum absolute atomic E-state index is 12.6. The number of hydrogen-bond acceptors (Lipinski definition) is 6. The Morgan fingerprint density at radius 2 is 1.86 bits per heavy atom. The minimum Gasteiger partial charge on any atom is -0.493 e. The maximum Gasteiger partial charge on any atom is 0.262 e. The standard InChI is InChI=1S/C21H27N3O5/c1-13-6-4-5-7-16(13)24-21(26)15(11-22)8-14-9-17(27-2)20(18(10-14)28-3)29-12-19(23)25/h8-10,13,16H,4-7,12H2,1-3H3,(H2,23,25)(H,24,26)/b15-8+/t13-,16-/m0/s1. The number of nitrogens with zero attached hydrogens (tertiary/aromatic N) is 1. The van der Waals surface area contributed by atoms with E-state index in [2.05, 4.69) is 12.2 Å². The first kappa shape index (κ1) is 22.1. The Hall–Kier alpha value is -3.21. The normalized spacial score (nSPS) is 19.0. The smallest absolute Gasteiger partial charge is 0.262 e. The molecule has 156 valence electrons. The molecule has 0 radical (unpaired) electrons. The molecule has 2 rings (SSSR count). The second-order valence-electron chi connectivity index (χ2n) is 7.02. The lowest BCUT2D eigenvalue weighted by molar-refractivity contribution is -0.120. The molecule has 2 amide bonds. The van der Waals surface area contributed by atoms with Gasteiger partial charge >= 0.3 is 0 Å². The quantitative estimate of drug-likeness (QED) is 0.508. The number of nitrogens with two attached hydrogens (primary N) is 1. The monoisotopic (exact) mass is 401 g/mol. The summed E-state index contributed by atoms with van der Waals surface area (Å²) in [7, 11) is 2.86. The Labute approximate surface area is 170 Å². The summed E-state index contributed by atoms with van der Waals surface area (Å²) < 4.78 is 16.0. The Kier molecular flexibility index (Phi) is 7.89. The number of carbonyl (C=O) groups excluding carboxylic acids is 2. The highest BCUT2D eigenvalue weighted by molar-refractivity contribution is 6.02. The van der Waals surface area contributed by atoms with Crippen molar-refractivity contribution in [2.45, 2.75) is 38.6 Å². The SMILES string of the molecule is COc1cc(/C=C(\C#N)C(=O)N[C@H]2CCCC[C@@H]2C)cc(OC)c1OCC(N)=O. The van der Waals surface area contributed by atoms with Gasteiger partial charge in [0.15, 0.2) is 18.1 Å². The van der Waals surface area contributed by atoms with Gasteiger partial charge in [0.2, 0.25) is 5.75 Å². The van der Waals surface area contributed by atoms with E-state index >= 15 is 0 Å². The molecule has 0 spiro atoms. The predicted molar refractivity (Wildman–Crippen MR) is 107 cm³/mol. The number of nitrogens with one attached hydrogen (secondary N) is 1. The fourth-order valence-corrected chi connectivity index (χ4v) is 3.36. The number of amides is 2. The summed E-state index contributed by atoms with van der Waals surface area (Å²) in [4.78, 5) is 23.6. The first-order valence-electron chi connectivity index (χ1n) is 9.49. The molecule has 1 aliphatic carbocycles. The highest BCUT2D eigenvalue weighted by Gasteiger charge is 2.24.